The molecule has 0 saturated heterocycles. The van der Waals surface area contributed by atoms with Crippen molar-refractivity contribution < 1.29 is 0 Å². The third kappa shape index (κ3) is 2.83. The maximum Gasteiger partial charge on any atom is 0.145 e. The highest BCUT2D eigenvalue weighted by atomic mass is 14.8. The molecule has 0 heterocycles. The van der Waals surface area contributed by atoms with Crippen LogP contribution < -0.4 is 5.32 Å². The SMILES string of the molecule is CCc1ccc(C23CC4CC(CC(C4)C2)C3)cc1NC=C(C#N)C#N. The number of rotatable bonds is 4. The highest BCUT2D eigenvalue weighted by Crippen LogP contribution is 2.60. The number of aryl methyl sites for hydroxylation is 1. The summed E-state index contributed by atoms with van der Waals surface area (Å²) in [5.41, 5.74) is 4.24. The Hall–Kier alpha value is -2.26. The Bertz CT molecular complexity index is 739. The zero-order valence-corrected chi connectivity index (χ0v) is 14.9. The maximum atomic E-state index is 8.96. The van der Waals surface area contributed by atoms with Gasteiger partial charge in [-0.2, -0.15) is 10.5 Å². The highest BCUT2D eigenvalue weighted by molar-refractivity contribution is 5.58. The minimum Gasteiger partial charge on any atom is -0.360 e. The number of nitrogens with zero attached hydrogens (tertiary/aromatic N) is 2. The third-order valence-electron chi connectivity index (χ3n) is 6.75. The van der Waals surface area contributed by atoms with Gasteiger partial charge in [-0.1, -0.05) is 19.1 Å². The topological polar surface area (TPSA) is 59.6 Å². The van der Waals surface area contributed by atoms with Crippen molar-refractivity contribution in [2.75, 3.05) is 5.32 Å². The van der Waals surface area contributed by atoms with Crippen molar-refractivity contribution in [3.05, 3.63) is 41.1 Å². The fourth-order valence-electron chi connectivity index (χ4n) is 6.05. The monoisotopic (exact) mass is 331 g/mol. The molecule has 4 bridgehead atoms. The van der Waals surface area contributed by atoms with Gasteiger partial charge in [-0.3, -0.25) is 0 Å². The van der Waals surface area contributed by atoms with E-state index in [1.165, 1.54) is 55.9 Å². The Morgan fingerprint density at radius 2 is 1.72 bits per heavy atom. The smallest absolute Gasteiger partial charge is 0.145 e. The lowest BCUT2D eigenvalue weighted by Crippen LogP contribution is -2.48. The van der Waals surface area contributed by atoms with Crippen LogP contribution in [0.1, 0.15) is 56.6 Å². The number of anilines is 1. The minimum atomic E-state index is 0.113. The van der Waals surface area contributed by atoms with Crippen molar-refractivity contribution in [3.63, 3.8) is 0 Å². The zero-order chi connectivity index (χ0) is 17.4. The molecule has 5 rings (SSSR count). The molecule has 0 spiro atoms. The molecule has 0 aliphatic heterocycles. The molecule has 1 N–H and O–H groups in total. The van der Waals surface area contributed by atoms with Crippen molar-refractivity contribution >= 4 is 5.69 Å². The first-order chi connectivity index (χ1) is 12.2. The summed E-state index contributed by atoms with van der Waals surface area (Å²) in [5, 5.41) is 21.1. The van der Waals surface area contributed by atoms with Gasteiger partial charge in [0, 0.05) is 11.9 Å². The number of nitrogens with one attached hydrogen (secondary N) is 1. The van der Waals surface area contributed by atoms with Crippen LogP contribution in [0.25, 0.3) is 0 Å². The van der Waals surface area contributed by atoms with E-state index < -0.39 is 0 Å². The number of hydrogen-bond acceptors (Lipinski definition) is 3. The molecular formula is C22H25N3. The molecule has 3 nitrogen and oxygen atoms in total. The number of benzene rings is 1. The summed E-state index contributed by atoms with van der Waals surface area (Å²) in [4.78, 5) is 0. The normalized spacial score (nSPS) is 31.9. The number of allylic oxidation sites excluding steroid dienone is 1. The minimum absolute atomic E-state index is 0.113. The van der Waals surface area contributed by atoms with Crippen LogP contribution >= 0.6 is 0 Å². The van der Waals surface area contributed by atoms with Crippen molar-refractivity contribution in [1.29, 1.82) is 10.5 Å². The Labute approximate surface area is 150 Å². The summed E-state index contributed by atoms with van der Waals surface area (Å²) < 4.78 is 0. The van der Waals surface area contributed by atoms with Crippen LogP contribution in [0.3, 0.4) is 0 Å². The average molecular weight is 331 g/mol. The molecule has 3 heteroatoms. The molecule has 4 aliphatic rings. The van der Waals surface area contributed by atoms with Crippen LogP contribution in [0.2, 0.25) is 0 Å². The Morgan fingerprint density at radius 1 is 1.12 bits per heavy atom. The van der Waals surface area contributed by atoms with Crippen LogP contribution in [-0.4, -0.2) is 0 Å². The van der Waals surface area contributed by atoms with Gasteiger partial charge < -0.3 is 5.32 Å². The van der Waals surface area contributed by atoms with Gasteiger partial charge in [0.15, 0.2) is 0 Å². The van der Waals surface area contributed by atoms with Gasteiger partial charge in [0.2, 0.25) is 0 Å². The first-order valence-electron chi connectivity index (χ1n) is 9.56. The largest absolute Gasteiger partial charge is 0.360 e. The summed E-state index contributed by atoms with van der Waals surface area (Å²) in [6, 6.07) is 10.7. The number of nitriles is 2. The molecule has 4 saturated carbocycles. The summed E-state index contributed by atoms with van der Waals surface area (Å²) in [6.07, 6.45) is 10.9. The summed E-state index contributed by atoms with van der Waals surface area (Å²) in [6.45, 7) is 2.14. The predicted octanol–water partition coefficient (Wildman–Crippen LogP) is 5.06. The lowest BCUT2D eigenvalue weighted by atomic mass is 9.48. The summed E-state index contributed by atoms with van der Waals surface area (Å²) >= 11 is 0. The highest BCUT2D eigenvalue weighted by Gasteiger charge is 2.51. The van der Waals surface area contributed by atoms with E-state index in [0.29, 0.717) is 5.41 Å². The van der Waals surface area contributed by atoms with Crippen LogP contribution in [-0.2, 0) is 11.8 Å². The van der Waals surface area contributed by atoms with Gasteiger partial charge >= 0.3 is 0 Å². The second-order valence-electron chi connectivity index (χ2n) is 8.35. The molecular weight excluding hydrogens is 306 g/mol. The second-order valence-corrected chi connectivity index (χ2v) is 8.35. The van der Waals surface area contributed by atoms with Gasteiger partial charge in [-0.25, -0.2) is 0 Å². The average Bonchev–Trinajstić information content (AvgIpc) is 2.61. The van der Waals surface area contributed by atoms with Crippen LogP contribution in [0, 0.1) is 40.4 Å². The molecule has 1 aromatic rings. The van der Waals surface area contributed by atoms with Crippen molar-refractivity contribution in [2.24, 2.45) is 17.8 Å². The molecule has 128 valence electrons. The van der Waals surface area contributed by atoms with Crippen LogP contribution in [0.4, 0.5) is 5.69 Å². The van der Waals surface area contributed by atoms with Crippen molar-refractivity contribution in [1.82, 2.24) is 0 Å². The quantitative estimate of drug-likeness (QED) is 0.784. The fraction of sp³-hybridized carbons (Fsp3) is 0.545. The molecule has 4 aliphatic carbocycles. The molecule has 0 amide bonds. The standard InChI is InChI=1S/C22H25N3/c1-2-19-3-4-20(8-21(19)25-14-18(12-23)13-24)22-9-15-5-16(10-22)7-17(6-15)11-22/h3-4,8,14-17,25H,2,5-7,9-11H2,1H3. The van der Waals surface area contributed by atoms with E-state index in [0.717, 1.165) is 29.9 Å². The summed E-state index contributed by atoms with van der Waals surface area (Å²) in [5.74, 6) is 2.78. The molecule has 1 aromatic carbocycles. The van der Waals surface area contributed by atoms with E-state index in [1.807, 2.05) is 12.1 Å². The predicted molar refractivity (Wildman–Crippen MR) is 98.6 cm³/mol. The third-order valence-corrected chi connectivity index (χ3v) is 6.75. The molecule has 0 aromatic heterocycles. The van der Waals surface area contributed by atoms with E-state index in [2.05, 4.69) is 30.4 Å². The summed E-state index contributed by atoms with van der Waals surface area (Å²) in [7, 11) is 0. The van der Waals surface area contributed by atoms with E-state index >= 15 is 0 Å². The Balaban J connectivity index is 1.67. The van der Waals surface area contributed by atoms with Gasteiger partial charge in [0.05, 0.1) is 0 Å². The Morgan fingerprint density at radius 3 is 2.24 bits per heavy atom. The van der Waals surface area contributed by atoms with E-state index in [1.54, 1.807) is 0 Å². The lowest BCUT2D eigenvalue weighted by Gasteiger charge is -2.57. The second kappa shape index (κ2) is 6.23. The molecule has 4 fully saturated rings. The van der Waals surface area contributed by atoms with E-state index in [4.69, 9.17) is 10.5 Å². The van der Waals surface area contributed by atoms with Gasteiger partial charge in [-0.15, -0.1) is 0 Å². The van der Waals surface area contributed by atoms with Gasteiger partial charge in [0.1, 0.15) is 17.7 Å². The van der Waals surface area contributed by atoms with Crippen molar-refractivity contribution in [3.8, 4) is 12.1 Å². The van der Waals surface area contributed by atoms with E-state index in [9.17, 15) is 0 Å². The first kappa shape index (κ1) is 16.2. The zero-order valence-electron chi connectivity index (χ0n) is 14.9. The fourth-order valence-corrected chi connectivity index (χ4v) is 6.05. The van der Waals surface area contributed by atoms with Gasteiger partial charge in [0.25, 0.3) is 0 Å². The lowest BCUT2D eigenvalue weighted by molar-refractivity contribution is -0.00516. The Kier molecular flexibility index (Phi) is 4.04. The molecule has 0 atom stereocenters. The van der Waals surface area contributed by atoms with Crippen LogP contribution in [0.15, 0.2) is 30.0 Å². The number of hydrogen-bond donors (Lipinski definition) is 1. The van der Waals surface area contributed by atoms with E-state index in [-0.39, 0.29) is 5.57 Å². The van der Waals surface area contributed by atoms with Crippen LogP contribution in [0.5, 0.6) is 0 Å². The van der Waals surface area contributed by atoms with Crippen molar-refractivity contribution in [2.45, 2.75) is 57.3 Å². The first-order valence-corrected chi connectivity index (χ1v) is 9.56. The maximum absolute atomic E-state index is 8.96. The molecule has 0 unspecified atom stereocenters. The van der Waals surface area contributed by atoms with Gasteiger partial charge in [-0.05, 0) is 85.3 Å². The molecule has 25 heavy (non-hydrogen) atoms. The molecule has 0 radical (unpaired) electrons.